The first-order valence-corrected chi connectivity index (χ1v) is 5.35. The Morgan fingerprint density at radius 1 is 1.27 bits per heavy atom. The molecule has 0 bridgehead atoms. The van der Waals surface area contributed by atoms with Gasteiger partial charge in [0.1, 0.15) is 0 Å². The first-order chi connectivity index (χ1) is 6.84. The molecule has 2 aromatic rings. The van der Waals surface area contributed by atoms with Gasteiger partial charge in [-0.3, -0.25) is 9.97 Å². The third-order valence-electron chi connectivity index (χ3n) is 1.62. The fourth-order valence-corrected chi connectivity index (χ4v) is 1.78. The second-order valence-corrected chi connectivity index (χ2v) is 3.96. The Kier molecular flexibility index (Phi) is 6.14. The summed E-state index contributed by atoms with van der Waals surface area (Å²) in [6.45, 7) is 0. The van der Waals surface area contributed by atoms with Gasteiger partial charge in [-0.25, -0.2) is 0 Å². The summed E-state index contributed by atoms with van der Waals surface area (Å²) >= 11 is 6.55. The minimum atomic E-state index is 0. The summed E-state index contributed by atoms with van der Waals surface area (Å²) in [6, 6.07) is 5.90. The minimum Gasteiger partial charge on any atom is -0.740 e. The molecule has 2 aromatic heterocycles. The SMILES string of the molecule is [K+].[S-]c1nccc(/C=C/c2cccs2)n1. The first-order valence-electron chi connectivity index (χ1n) is 4.06. The normalized spacial score (nSPS) is 10.1. The molecule has 70 valence electrons. The second-order valence-electron chi connectivity index (χ2n) is 2.61. The van der Waals surface area contributed by atoms with Crippen LogP contribution in [0.1, 0.15) is 10.6 Å². The number of thiophene rings is 1. The van der Waals surface area contributed by atoms with Crippen LogP contribution in [0.15, 0.2) is 34.9 Å². The van der Waals surface area contributed by atoms with Crippen LogP contribution in [0.25, 0.3) is 12.2 Å². The van der Waals surface area contributed by atoms with Crippen LogP contribution in [-0.2, 0) is 12.6 Å². The minimum absolute atomic E-state index is 0. The van der Waals surface area contributed by atoms with Crippen molar-refractivity contribution in [2.75, 3.05) is 0 Å². The molecule has 0 saturated carbocycles. The third-order valence-corrected chi connectivity index (χ3v) is 2.65. The predicted octanol–water partition coefficient (Wildman–Crippen LogP) is -0.382. The molecule has 0 aromatic carbocycles. The van der Waals surface area contributed by atoms with Crippen LogP contribution in [0.4, 0.5) is 0 Å². The van der Waals surface area contributed by atoms with Crippen molar-refractivity contribution in [2.45, 2.75) is 5.16 Å². The molecule has 0 aliphatic rings. The Morgan fingerprint density at radius 2 is 2.13 bits per heavy atom. The zero-order valence-corrected chi connectivity index (χ0v) is 13.0. The Labute approximate surface area is 141 Å². The molecular weight excluding hydrogens is 251 g/mol. The molecule has 0 N–H and O–H groups in total. The molecule has 0 aliphatic heterocycles. The average molecular weight is 258 g/mol. The maximum atomic E-state index is 4.86. The van der Waals surface area contributed by atoms with E-state index in [1.165, 1.54) is 4.88 Å². The van der Waals surface area contributed by atoms with Crippen LogP contribution < -0.4 is 51.4 Å². The van der Waals surface area contributed by atoms with Gasteiger partial charge in [-0.1, -0.05) is 6.07 Å². The van der Waals surface area contributed by atoms with Gasteiger partial charge in [-0.2, -0.15) is 0 Å². The van der Waals surface area contributed by atoms with Crippen LogP contribution >= 0.6 is 11.3 Å². The van der Waals surface area contributed by atoms with E-state index in [9.17, 15) is 0 Å². The molecule has 2 nitrogen and oxygen atoms in total. The van der Waals surface area contributed by atoms with Crippen LogP contribution in [0, 0.1) is 0 Å². The summed E-state index contributed by atoms with van der Waals surface area (Å²) < 4.78 is 0. The molecule has 0 fully saturated rings. The van der Waals surface area contributed by atoms with E-state index in [4.69, 9.17) is 12.6 Å². The van der Waals surface area contributed by atoms with E-state index in [1.807, 2.05) is 29.7 Å². The Balaban J connectivity index is 0.00000112. The van der Waals surface area contributed by atoms with E-state index < -0.39 is 0 Å². The Morgan fingerprint density at radius 3 is 2.80 bits per heavy atom. The van der Waals surface area contributed by atoms with Crippen molar-refractivity contribution >= 4 is 36.1 Å². The third kappa shape index (κ3) is 4.40. The molecule has 15 heavy (non-hydrogen) atoms. The van der Waals surface area contributed by atoms with Gasteiger partial charge in [0.25, 0.3) is 0 Å². The summed E-state index contributed by atoms with van der Waals surface area (Å²) in [4.78, 5) is 9.15. The van der Waals surface area contributed by atoms with Gasteiger partial charge >= 0.3 is 51.4 Å². The molecule has 0 aliphatic carbocycles. The average Bonchev–Trinajstić information content (AvgIpc) is 2.67. The zero-order valence-electron chi connectivity index (χ0n) is 8.25. The standard InChI is InChI=1S/C10H8N2S2.K/c13-10-11-6-5-8(12-10)3-4-9-2-1-7-14-9;/h1-7H,(H,11,12,13);/q;+1/p-1/b4-3+;. The number of aromatic nitrogens is 2. The number of hydrogen-bond donors (Lipinski definition) is 0. The van der Waals surface area contributed by atoms with E-state index in [1.54, 1.807) is 17.5 Å². The monoisotopic (exact) mass is 258 g/mol. The van der Waals surface area contributed by atoms with Crippen molar-refractivity contribution in [1.29, 1.82) is 0 Å². The summed E-state index contributed by atoms with van der Waals surface area (Å²) in [5.74, 6) is 0. The molecule has 2 rings (SSSR count). The van der Waals surface area contributed by atoms with E-state index >= 15 is 0 Å². The van der Waals surface area contributed by atoms with Crippen molar-refractivity contribution < 1.29 is 51.4 Å². The molecule has 0 unspecified atom stereocenters. The Bertz CT molecular complexity index is 440. The van der Waals surface area contributed by atoms with Gasteiger partial charge in [0, 0.05) is 16.2 Å². The predicted molar refractivity (Wildman–Crippen MR) is 60.9 cm³/mol. The first kappa shape index (κ1) is 13.4. The van der Waals surface area contributed by atoms with Crippen LogP contribution in [-0.4, -0.2) is 9.97 Å². The fraction of sp³-hybridized carbons (Fsp3) is 0. The maximum Gasteiger partial charge on any atom is 1.00 e. The molecule has 5 heteroatoms. The largest absolute Gasteiger partial charge is 1.00 e. The van der Waals surface area contributed by atoms with E-state index in [0.717, 1.165) is 5.69 Å². The quantitative estimate of drug-likeness (QED) is 0.417. The van der Waals surface area contributed by atoms with Crippen molar-refractivity contribution in [3.05, 3.63) is 40.3 Å². The summed E-state index contributed by atoms with van der Waals surface area (Å²) in [5, 5.41) is 2.43. The molecule has 0 atom stereocenters. The van der Waals surface area contributed by atoms with Gasteiger partial charge in [0.05, 0.1) is 5.69 Å². The number of rotatable bonds is 2. The van der Waals surface area contributed by atoms with Crippen LogP contribution in [0.5, 0.6) is 0 Å². The second kappa shape index (κ2) is 6.85. The van der Waals surface area contributed by atoms with Crippen LogP contribution in [0.3, 0.4) is 0 Å². The smallest absolute Gasteiger partial charge is 0.740 e. The molecule has 0 spiro atoms. The van der Waals surface area contributed by atoms with Gasteiger partial charge in [-0.05, 0) is 29.7 Å². The van der Waals surface area contributed by atoms with E-state index in [2.05, 4.69) is 16.0 Å². The molecule has 0 amide bonds. The van der Waals surface area contributed by atoms with Crippen molar-refractivity contribution in [3.8, 4) is 0 Å². The van der Waals surface area contributed by atoms with Gasteiger partial charge in [0.2, 0.25) is 0 Å². The summed E-state index contributed by atoms with van der Waals surface area (Å²) in [7, 11) is 0. The topological polar surface area (TPSA) is 25.8 Å². The number of hydrogen-bond acceptors (Lipinski definition) is 4. The van der Waals surface area contributed by atoms with Crippen LogP contribution in [0.2, 0.25) is 0 Å². The molecule has 0 radical (unpaired) electrons. The van der Waals surface area contributed by atoms with Gasteiger partial charge < -0.3 is 12.6 Å². The van der Waals surface area contributed by atoms with Gasteiger partial charge in [-0.15, -0.1) is 11.3 Å². The van der Waals surface area contributed by atoms with Crippen molar-refractivity contribution in [1.82, 2.24) is 9.97 Å². The van der Waals surface area contributed by atoms with E-state index in [-0.39, 0.29) is 51.4 Å². The maximum absolute atomic E-state index is 4.86. The summed E-state index contributed by atoms with van der Waals surface area (Å²) in [6.07, 6.45) is 5.62. The van der Waals surface area contributed by atoms with Crippen molar-refractivity contribution in [3.63, 3.8) is 0 Å². The van der Waals surface area contributed by atoms with Gasteiger partial charge in [0.15, 0.2) is 0 Å². The fourth-order valence-electron chi connectivity index (χ4n) is 1.00. The molecule has 0 saturated heterocycles. The molecule has 2 heterocycles. The zero-order chi connectivity index (χ0) is 9.80. The molecular formula is C10H7KN2S2. The number of nitrogens with zero attached hydrogens (tertiary/aromatic N) is 2. The summed E-state index contributed by atoms with van der Waals surface area (Å²) in [5.41, 5.74) is 0.846. The van der Waals surface area contributed by atoms with E-state index in [0.29, 0.717) is 5.16 Å². The van der Waals surface area contributed by atoms with Crippen molar-refractivity contribution in [2.24, 2.45) is 0 Å². The Hall–Kier alpha value is 0.376.